The van der Waals surface area contributed by atoms with E-state index in [0.717, 1.165) is 26.5 Å². The summed E-state index contributed by atoms with van der Waals surface area (Å²) in [6.07, 6.45) is 1.67. The lowest BCUT2D eigenvalue weighted by Crippen LogP contribution is -2.14. The second-order valence-corrected chi connectivity index (χ2v) is 11.0. The number of halogens is 2. The first-order valence-corrected chi connectivity index (χ1v) is 14.6. The minimum atomic E-state index is -0.773. The van der Waals surface area contributed by atoms with Crippen molar-refractivity contribution >= 4 is 57.3 Å². The van der Waals surface area contributed by atoms with Gasteiger partial charge in [0.25, 0.3) is 5.91 Å². The van der Waals surface area contributed by atoms with Crippen molar-refractivity contribution in [3.05, 3.63) is 109 Å². The number of benzene rings is 3. The van der Waals surface area contributed by atoms with Crippen molar-refractivity contribution in [2.24, 2.45) is 4.99 Å². The van der Waals surface area contributed by atoms with Crippen molar-refractivity contribution in [1.29, 1.82) is 0 Å². The summed E-state index contributed by atoms with van der Waals surface area (Å²) in [5.74, 6) is -0.959. The van der Waals surface area contributed by atoms with E-state index >= 15 is 0 Å². The van der Waals surface area contributed by atoms with E-state index in [1.807, 2.05) is 19.9 Å². The molecular weight excluding hydrogens is 660 g/mol. The summed E-state index contributed by atoms with van der Waals surface area (Å²) in [5.41, 5.74) is 2.65. The number of aliphatic hydroxyl groups is 1. The van der Waals surface area contributed by atoms with Gasteiger partial charge in [-0.25, -0.2) is 14.2 Å². The Morgan fingerprint density at radius 1 is 1.02 bits per heavy atom. The number of thioether (sulfide) groups is 1. The fourth-order valence-corrected chi connectivity index (χ4v) is 5.60. The molecule has 3 aromatic carbocycles. The van der Waals surface area contributed by atoms with Crippen LogP contribution < -0.4 is 9.47 Å². The molecule has 0 spiro atoms. The number of hydrogen-bond acceptors (Lipinski definition) is 7. The van der Waals surface area contributed by atoms with Crippen LogP contribution in [0.1, 0.15) is 40.9 Å². The fraction of sp³-hybridized carbons (Fsp3) is 0.194. The summed E-state index contributed by atoms with van der Waals surface area (Å²) in [5, 5.41) is 11.1. The van der Waals surface area contributed by atoms with E-state index in [2.05, 4.69) is 27.6 Å². The van der Waals surface area contributed by atoms with Crippen LogP contribution in [-0.4, -0.2) is 35.2 Å². The summed E-state index contributed by atoms with van der Waals surface area (Å²) >= 11 is 3.13. The fourth-order valence-electron chi connectivity index (χ4n) is 3.81. The molecule has 0 aliphatic carbocycles. The highest BCUT2D eigenvalue weighted by Crippen LogP contribution is 2.41. The lowest BCUT2D eigenvalue weighted by atomic mass is 10.1. The predicted octanol–water partition coefficient (Wildman–Crippen LogP) is 7.42. The third-order valence-corrected chi connectivity index (χ3v) is 7.62. The van der Waals surface area contributed by atoms with Gasteiger partial charge >= 0.3 is 5.97 Å². The lowest BCUT2D eigenvalue weighted by Gasteiger charge is -2.15. The normalized spacial score (nSPS) is 15.0. The zero-order chi connectivity index (χ0) is 29.5. The number of aliphatic hydroxyl groups excluding tert-OH is 1. The summed E-state index contributed by atoms with van der Waals surface area (Å²) in [7, 11) is 0. The van der Waals surface area contributed by atoms with E-state index in [4.69, 9.17) is 14.2 Å². The van der Waals surface area contributed by atoms with Crippen LogP contribution in [-0.2, 0) is 16.1 Å². The van der Waals surface area contributed by atoms with Crippen molar-refractivity contribution in [3.63, 3.8) is 0 Å². The molecule has 0 unspecified atom stereocenters. The lowest BCUT2D eigenvalue weighted by molar-refractivity contribution is -0.138. The summed E-state index contributed by atoms with van der Waals surface area (Å²) in [6, 6.07) is 16.5. The average Bonchev–Trinajstić information content (AvgIpc) is 3.23. The van der Waals surface area contributed by atoms with Gasteiger partial charge in [-0.2, -0.15) is 0 Å². The standard InChI is InChI=1S/C31H27FINO6S/c1-4-38-24-15-20(14-23(33)28(24)40-17-19-8-12-22(32)13-9-19)16-25-27(35)26(31(37)39-5-2)30(41-25)34-29(36)21-10-6-18(3)7-11-21/h6-16,35H,4-5,17H2,1-3H3/b25-16-,34-30?. The molecule has 212 valence electrons. The van der Waals surface area contributed by atoms with E-state index in [1.54, 1.807) is 55.5 Å². The first kappa shape index (κ1) is 30.3. The molecule has 3 aromatic rings. The maximum atomic E-state index is 13.3. The van der Waals surface area contributed by atoms with Gasteiger partial charge in [-0.15, -0.1) is 0 Å². The van der Waals surface area contributed by atoms with Gasteiger partial charge in [0.1, 0.15) is 28.8 Å². The monoisotopic (exact) mass is 687 g/mol. The number of aliphatic imine (C=N–C) groups is 1. The van der Waals surface area contributed by atoms with Crippen LogP contribution in [0.2, 0.25) is 0 Å². The topological polar surface area (TPSA) is 94.4 Å². The van der Waals surface area contributed by atoms with Gasteiger partial charge in [0.05, 0.1) is 21.7 Å². The summed E-state index contributed by atoms with van der Waals surface area (Å²) in [4.78, 5) is 30.1. The van der Waals surface area contributed by atoms with E-state index in [-0.39, 0.29) is 35.4 Å². The van der Waals surface area contributed by atoms with Gasteiger partial charge in [0.15, 0.2) is 11.5 Å². The molecule has 10 heteroatoms. The number of nitrogens with zero attached hydrogens (tertiary/aromatic N) is 1. The van der Waals surface area contributed by atoms with E-state index in [1.165, 1.54) is 12.1 Å². The number of carbonyl (C=O) groups is 2. The van der Waals surface area contributed by atoms with Crippen LogP contribution in [0.3, 0.4) is 0 Å². The number of esters is 1. The third-order valence-electron chi connectivity index (χ3n) is 5.80. The molecule has 0 bridgehead atoms. The maximum absolute atomic E-state index is 13.3. The Balaban J connectivity index is 1.67. The number of carbonyl (C=O) groups excluding carboxylic acids is 2. The molecule has 7 nitrogen and oxygen atoms in total. The molecule has 0 aromatic heterocycles. The minimum absolute atomic E-state index is 0.0526. The molecule has 1 aliphatic heterocycles. The quantitative estimate of drug-likeness (QED) is 0.185. The number of rotatable bonds is 9. The highest BCUT2D eigenvalue weighted by atomic mass is 127. The number of amides is 1. The molecule has 0 saturated carbocycles. The molecule has 41 heavy (non-hydrogen) atoms. The van der Waals surface area contributed by atoms with Gasteiger partial charge in [0, 0.05) is 5.56 Å². The smallest absolute Gasteiger partial charge is 0.344 e. The highest BCUT2D eigenvalue weighted by Gasteiger charge is 2.34. The first-order chi connectivity index (χ1) is 19.7. The maximum Gasteiger partial charge on any atom is 0.344 e. The first-order valence-electron chi connectivity index (χ1n) is 12.7. The summed E-state index contributed by atoms with van der Waals surface area (Å²) in [6.45, 7) is 6.10. The van der Waals surface area contributed by atoms with E-state index in [9.17, 15) is 19.1 Å². The second kappa shape index (κ2) is 13.8. The molecule has 1 aliphatic rings. The Hall–Kier alpha value is -3.64. The zero-order valence-corrected chi connectivity index (χ0v) is 25.5. The largest absolute Gasteiger partial charge is 0.506 e. The molecule has 1 amide bonds. The molecule has 0 atom stereocenters. The molecular formula is C31H27FINO6S. The molecule has 4 rings (SSSR count). The van der Waals surface area contributed by atoms with Gasteiger partial charge in [-0.3, -0.25) is 4.79 Å². The van der Waals surface area contributed by atoms with Crippen LogP contribution in [0.15, 0.2) is 81.9 Å². The average molecular weight is 688 g/mol. The van der Waals surface area contributed by atoms with Gasteiger partial charge < -0.3 is 19.3 Å². The van der Waals surface area contributed by atoms with Crippen LogP contribution in [0, 0.1) is 16.3 Å². The Kier molecular flexibility index (Phi) is 10.2. The number of hydrogen-bond donors (Lipinski definition) is 1. The van der Waals surface area contributed by atoms with Crippen molar-refractivity contribution in [2.45, 2.75) is 27.4 Å². The van der Waals surface area contributed by atoms with Crippen LogP contribution in [0.5, 0.6) is 11.5 Å². The van der Waals surface area contributed by atoms with Crippen LogP contribution in [0.4, 0.5) is 4.39 Å². The summed E-state index contributed by atoms with van der Waals surface area (Å²) < 4.78 is 31.0. The van der Waals surface area contributed by atoms with Crippen molar-refractivity contribution in [3.8, 4) is 11.5 Å². The van der Waals surface area contributed by atoms with Crippen molar-refractivity contribution in [1.82, 2.24) is 0 Å². The SMILES string of the molecule is CCOC(=O)C1=C(O)/C(=C/c2cc(I)c(OCc3ccc(F)cc3)c(OCC)c2)SC1=NC(=O)c1ccc(C)cc1. The van der Waals surface area contributed by atoms with Gasteiger partial charge in [0.2, 0.25) is 0 Å². The van der Waals surface area contributed by atoms with E-state index in [0.29, 0.717) is 34.1 Å². The molecule has 0 fully saturated rings. The molecule has 0 saturated heterocycles. The highest BCUT2D eigenvalue weighted by molar-refractivity contribution is 14.1. The predicted molar refractivity (Wildman–Crippen MR) is 166 cm³/mol. The van der Waals surface area contributed by atoms with E-state index < -0.39 is 11.9 Å². The van der Waals surface area contributed by atoms with Crippen LogP contribution in [0.25, 0.3) is 6.08 Å². The third kappa shape index (κ3) is 7.56. The van der Waals surface area contributed by atoms with Gasteiger partial charge in [-0.1, -0.05) is 41.6 Å². The number of aryl methyl sites for hydroxylation is 1. The molecule has 1 N–H and O–H groups in total. The number of ether oxygens (including phenoxy) is 3. The molecule has 0 radical (unpaired) electrons. The molecule has 1 heterocycles. The van der Waals surface area contributed by atoms with Gasteiger partial charge in [-0.05, 0) is 97.0 Å². The Bertz CT molecular complexity index is 1550. The van der Waals surface area contributed by atoms with Crippen LogP contribution >= 0.6 is 34.4 Å². The minimum Gasteiger partial charge on any atom is -0.506 e. The Morgan fingerprint density at radius 2 is 1.73 bits per heavy atom. The second-order valence-electron chi connectivity index (χ2n) is 8.82. The van der Waals surface area contributed by atoms with Crippen molar-refractivity contribution < 1.29 is 33.3 Å². The Morgan fingerprint density at radius 3 is 2.39 bits per heavy atom. The Labute approximate surface area is 255 Å². The van der Waals surface area contributed by atoms with Crippen molar-refractivity contribution in [2.75, 3.05) is 13.2 Å². The zero-order valence-electron chi connectivity index (χ0n) is 22.6.